The summed E-state index contributed by atoms with van der Waals surface area (Å²) in [6.07, 6.45) is 3.04. The van der Waals surface area contributed by atoms with Crippen LogP contribution in [0.25, 0.3) is 17.0 Å². The molecule has 38 heavy (non-hydrogen) atoms. The Hall–Kier alpha value is -4.21. The predicted octanol–water partition coefficient (Wildman–Crippen LogP) is 5.62. The van der Waals surface area contributed by atoms with Crippen molar-refractivity contribution in [2.45, 2.75) is 32.7 Å². The van der Waals surface area contributed by atoms with Gasteiger partial charge in [0.1, 0.15) is 17.3 Å². The van der Waals surface area contributed by atoms with Crippen molar-refractivity contribution in [1.29, 1.82) is 0 Å². The number of hydrogen-bond donors (Lipinski definition) is 1. The lowest BCUT2D eigenvalue weighted by Crippen LogP contribution is -2.27. The van der Waals surface area contributed by atoms with Crippen LogP contribution in [0.3, 0.4) is 0 Å². The zero-order valence-corrected chi connectivity index (χ0v) is 21.1. The van der Waals surface area contributed by atoms with E-state index in [0.29, 0.717) is 30.9 Å². The predicted molar refractivity (Wildman–Crippen MR) is 139 cm³/mol. The molecule has 6 nitrogen and oxygen atoms in total. The van der Waals surface area contributed by atoms with Crippen LogP contribution in [0.1, 0.15) is 41.6 Å². The molecule has 198 valence electrons. The maximum Gasteiger partial charge on any atom is 0.246 e. The number of amides is 1. The van der Waals surface area contributed by atoms with E-state index in [9.17, 15) is 18.0 Å². The molecule has 1 aromatic heterocycles. The van der Waals surface area contributed by atoms with E-state index in [1.165, 1.54) is 25.1 Å². The average Bonchev–Trinajstić information content (AvgIpc) is 3.51. The summed E-state index contributed by atoms with van der Waals surface area (Å²) in [5.41, 5.74) is 6.53. The SMILES string of the molecule is C=CC(=O)N1CCC(n2nc(-c3ccc(Cc4c(F)c(C)cc(F)c4F)cc3F)c(C(=C)N)c2N=CC)C1. The average molecular weight is 526 g/mol. The first-order valence-electron chi connectivity index (χ1n) is 12.0. The van der Waals surface area contributed by atoms with Crippen molar-refractivity contribution in [1.82, 2.24) is 14.7 Å². The lowest BCUT2D eigenvalue weighted by molar-refractivity contribution is -0.125. The highest BCUT2D eigenvalue weighted by Gasteiger charge is 2.32. The van der Waals surface area contributed by atoms with Crippen LogP contribution in [-0.2, 0) is 11.2 Å². The molecule has 1 atom stereocenters. The third kappa shape index (κ3) is 4.85. The molecule has 4 rings (SSSR count). The highest BCUT2D eigenvalue weighted by atomic mass is 19.2. The topological polar surface area (TPSA) is 76.5 Å². The van der Waals surface area contributed by atoms with Gasteiger partial charge in [0, 0.05) is 42.5 Å². The van der Waals surface area contributed by atoms with Gasteiger partial charge in [0.2, 0.25) is 5.91 Å². The Bertz CT molecular complexity index is 1450. The van der Waals surface area contributed by atoms with Gasteiger partial charge in [0.25, 0.3) is 0 Å². The number of aryl methyl sites for hydroxylation is 1. The second-order valence-electron chi connectivity index (χ2n) is 9.11. The minimum Gasteiger partial charge on any atom is -0.399 e. The van der Waals surface area contributed by atoms with Crippen molar-refractivity contribution in [3.8, 4) is 11.3 Å². The van der Waals surface area contributed by atoms with Crippen LogP contribution in [0.15, 0.2) is 48.5 Å². The standard InChI is InChI=1S/C28H27F4N5O/c1-5-23(38)36-10-9-18(14-36)37-28(34-6-2)24(16(4)33)27(35-37)19-8-7-17(13-21(19)29)12-20-25(31)15(3)11-22(30)26(20)32/h5-8,11,13,18H,1,4,9-10,12,14,33H2,2-3H3. The van der Waals surface area contributed by atoms with Gasteiger partial charge in [-0.15, -0.1) is 0 Å². The third-order valence-electron chi connectivity index (χ3n) is 6.55. The van der Waals surface area contributed by atoms with Crippen LogP contribution in [-0.4, -0.2) is 39.9 Å². The number of likely N-dealkylation sites (tertiary alicyclic amines) is 1. The zero-order valence-electron chi connectivity index (χ0n) is 21.1. The van der Waals surface area contributed by atoms with Gasteiger partial charge in [-0.1, -0.05) is 19.2 Å². The van der Waals surface area contributed by atoms with E-state index in [1.807, 2.05) is 0 Å². The molecule has 2 aromatic carbocycles. The Morgan fingerprint density at radius 2 is 1.95 bits per heavy atom. The molecule has 1 aliphatic rings. The van der Waals surface area contributed by atoms with Crippen molar-refractivity contribution in [2.75, 3.05) is 13.1 Å². The molecule has 1 fully saturated rings. The second kappa shape index (κ2) is 10.6. The molecule has 0 bridgehead atoms. The molecular weight excluding hydrogens is 498 g/mol. The van der Waals surface area contributed by atoms with Crippen molar-refractivity contribution < 1.29 is 22.4 Å². The van der Waals surface area contributed by atoms with Crippen LogP contribution in [0.5, 0.6) is 0 Å². The summed E-state index contributed by atoms with van der Waals surface area (Å²) >= 11 is 0. The zero-order chi connectivity index (χ0) is 27.7. The molecule has 2 heterocycles. The van der Waals surface area contributed by atoms with E-state index < -0.39 is 28.8 Å². The fourth-order valence-electron chi connectivity index (χ4n) is 4.70. The first-order chi connectivity index (χ1) is 18.1. The maximum absolute atomic E-state index is 15.5. The fourth-order valence-corrected chi connectivity index (χ4v) is 4.70. The van der Waals surface area contributed by atoms with Crippen LogP contribution < -0.4 is 5.73 Å². The van der Waals surface area contributed by atoms with Gasteiger partial charge in [0.15, 0.2) is 17.5 Å². The monoisotopic (exact) mass is 525 g/mol. The summed E-state index contributed by atoms with van der Waals surface area (Å²) in [7, 11) is 0. The first kappa shape index (κ1) is 26.8. The van der Waals surface area contributed by atoms with Crippen LogP contribution in [0.2, 0.25) is 0 Å². The van der Waals surface area contributed by atoms with Crippen LogP contribution in [0.4, 0.5) is 23.4 Å². The first-order valence-corrected chi connectivity index (χ1v) is 12.0. The number of aliphatic imine (C=N–C) groups is 1. The summed E-state index contributed by atoms with van der Waals surface area (Å²) in [4.78, 5) is 18.1. The highest BCUT2D eigenvalue weighted by Crippen LogP contribution is 2.39. The van der Waals surface area contributed by atoms with Crippen molar-refractivity contribution in [3.63, 3.8) is 0 Å². The molecule has 1 saturated heterocycles. The normalized spacial score (nSPS) is 15.4. The van der Waals surface area contributed by atoms with E-state index in [2.05, 4.69) is 23.2 Å². The molecule has 0 saturated carbocycles. The summed E-state index contributed by atoms with van der Waals surface area (Å²) in [5.74, 6) is -3.90. The Kier molecular flexibility index (Phi) is 7.52. The van der Waals surface area contributed by atoms with Crippen LogP contribution in [0, 0.1) is 30.2 Å². The molecule has 0 aliphatic carbocycles. The van der Waals surface area contributed by atoms with Gasteiger partial charge in [-0.05, 0) is 55.7 Å². The number of hydrogen-bond acceptors (Lipinski definition) is 4. The number of nitrogens with zero attached hydrogens (tertiary/aromatic N) is 4. The minimum atomic E-state index is -1.30. The molecule has 1 unspecified atom stereocenters. The maximum atomic E-state index is 15.5. The number of carbonyl (C=O) groups is 1. The summed E-state index contributed by atoms with van der Waals surface area (Å²) < 4.78 is 59.7. The lowest BCUT2D eigenvalue weighted by atomic mass is 9.98. The molecule has 1 amide bonds. The number of rotatable bonds is 7. The van der Waals surface area contributed by atoms with Gasteiger partial charge in [-0.3, -0.25) is 4.79 Å². The van der Waals surface area contributed by atoms with Gasteiger partial charge in [-0.2, -0.15) is 5.10 Å². The van der Waals surface area contributed by atoms with Crippen molar-refractivity contribution >= 4 is 23.6 Å². The van der Waals surface area contributed by atoms with Crippen molar-refractivity contribution in [2.24, 2.45) is 10.7 Å². The number of nitrogens with two attached hydrogens (primary N) is 1. The van der Waals surface area contributed by atoms with Gasteiger partial charge < -0.3 is 10.6 Å². The highest BCUT2D eigenvalue weighted by molar-refractivity contribution is 5.87. The van der Waals surface area contributed by atoms with E-state index in [0.717, 1.165) is 12.1 Å². The molecular formula is C28H27F4N5O. The third-order valence-corrected chi connectivity index (χ3v) is 6.55. The molecule has 10 heteroatoms. The molecule has 0 spiro atoms. The quantitative estimate of drug-likeness (QED) is 0.188. The van der Waals surface area contributed by atoms with E-state index in [-0.39, 0.29) is 46.5 Å². The minimum absolute atomic E-state index is 0.0445. The van der Waals surface area contributed by atoms with Gasteiger partial charge in [0.05, 0.1) is 11.6 Å². The van der Waals surface area contributed by atoms with E-state index in [1.54, 1.807) is 22.7 Å². The fraction of sp³-hybridized carbons (Fsp3) is 0.250. The number of aromatic nitrogens is 2. The second-order valence-corrected chi connectivity index (χ2v) is 9.11. The van der Waals surface area contributed by atoms with Gasteiger partial charge >= 0.3 is 0 Å². The molecule has 0 radical (unpaired) electrons. The molecule has 2 N–H and O–H groups in total. The van der Waals surface area contributed by atoms with E-state index >= 15 is 4.39 Å². The van der Waals surface area contributed by atoms with E-state index in [4.69, 9.17) is 5.73 Å². The largest absolute Gasteiger partial charge is 0.399 e. The summed E-state index contributed by atoms with van der Waals surface area (Å²) in [6, 6.07) is 4.58. The Morgan fingerprint density at radius 3 is 2.58 bits per heavy atom. The Balaban J connectivity index is 1.76. The Labute approximate surface area is 217 Å². The summed E-state index contributed by atoms with van der Waals surface area (Å²) in [6.45, 7) is 11.2. The molecule has 3 aromatic rings. The smallest absolute Gasteiger partial charge is 0.246 e. The number of halogens is 4. The van der Waals surface area contributed by atoms with Gasteiger partial charge in [-0.25, -0.2) is 27.2 Å². The lowest BCUT2D eigenvalue weighted by Gasteiger charge is -2.15. The summed E-state index contributed by atoms with van der Waals surface area (Å²) in [5, 5.41) is 4.64. The van der Waals surface area contributed by atoms with Crippen molar-refractivity contribution in [3.05, 3.63) is 89.0 Å². The molecule has 1 aliphatic heterocycles. The van der Waals surface area contributed by atoms with Crippen LogP contribution >= 0.6 is 0 Å². The number of carbonyl (C=O) groups excluding carboxylic acids is 1. The number of benzene rings is 2. The Morgan fingerprint density at radius 1 is 1.21 bits per heavy atom.